The predicted octanol–water partition coefficient (Wildman–Crippen LogP) is 3.82. The lowest BCUT2D eigenvalue weighted by molar-refractivity contribution is 0.343. The number of para-hydroxylation sites is 2. The van der Waals surface area contributed by atoms with Gasteiger partial charge in [-0.15, -0.1) is 0 Å². The van der Waals surface area contributed by atoms with Gasteiger partial charge in [0.1, 0.15) is 5.82 Å². The standard InChI is InChI=1S/C17H25N3S/c1-3-11-20-15-8-5-4-7-14(15)19-16(20)12-18-13-17(21-2)9-6-10-17/h4-5,7-8,18H,3,6,9-13H2,1-2H3. The maximum absolute atomic E-state index is 4.81. The molecule has 1 aromatic heterocycles. The molecule has 1 aromatic carbocycles. The molecule has 1 fully saturated rings. The van der Waals surface area contributed by atoms with Gasteiger partial charge in [0.15, 0.2) is 0 Å². The van der Waals surface area contributed by atoms with Crippen molar-refractivity contribution in [2.75, 3.05) is 12.8 Å². The molecule has 0 atom stereocenters. The Balaban J connectivity index is 1.72. The fourth-order valence-electron chi connectivity index (χ4n) is 3.16. The monoisotopic (exact) mass is 303 g/mol. The van der Waals surface area contributed by atoms with E-state index in [0.717, 1.165) is 31.6 Å². The summed E-state index contributed by atoms with van der Waals surface area (Å²) < 4.78 is 2.86. The third-order valence-corrected chi connectivity index (χ3v) is 6.03. The van der Waals surface area contributed by atoms with E-state index in [4.69, 9.17) is 4.98 Å². The van der Waals surface area contributed by atoms with Crippen LogP contribution in [0.5, 0.6) is 0 Å². The van der Waals surface area contributed by atoms with Gasteiger partial charge in [-0.2, -0.15) is 11.8 Å². The molecule has 0 aliphatic heterocycles. The second-order valence-electron chi connectivity index (χ2n) is 6.01. The van der Waals surface area contributed by atoms with E-state index >= 15 is 0 Å². The van der Waals surface area contributed by atoms with Crippen molar-refractivity contribution < 1.29 is 0 Å². The Bertz CT molecular complexity index is 596. The maximum atomic E-state index is 4.81. The summed E-state index contributed by atoms with van der Waals surface area (Å²) in [5, 5.41) is 3.65. The van der Waals surface area contributed by atoms with Crippen LogP contribution >= 0.6 is 11.8 Å². The molecule has 0 amide bonds. The number of benzene rings is 1. The van der Waals surface area contributed by atoms with Gasteiger partial charge in [-0.05, 0) is 37.7 Å². The maximum Gasteiger partial charge on any atom is 0.123 e. The molecule has 3 rings (SSSR count). The molecule has 0 spiro atoms. The number of nitrogens with one attached hydrogen (secondary N) is 1. The highest BCUT2D eigenvalue weighted by Crippen LogP contribution is 2.42. The predicted molar refractivity (Wildman–Crippen MR) is 91.8 cm³/mol. The average molecular weight is 303 g/mol. The zero-order valence-corrected chi connectivity index (χ0v) is 13.9. The Hall–Kier alpha value is -1.00. The van der Waals surface area contributed by atoms with Crippen LogP contribution in [-0.2, 0) is 13.1 Å². The van der Waals surface area contributed by atoms with E-state index in [-0.39, 0.29) is 0 Å². The van der Waals surface area contributed by atoms with Gasteiger partial charge < -0.3 is 9.88 Å². The smallest absolute Gasteiger partial charge is 0.123 e. The Morgan fingerprint density at radius 3 is 2.81 bits per heavy atom. The minimum absolute atomic E-state index is 0.488. The largest absolute Gasteiger partial charge is 0.327 e. The van der Waals surface area contributed by atoms with Gasteiger partial charge in [-0.1, -0.05) is 25.5 Å². The number of rotatable bonds is 7. The van der Waals surface area contributed by atoms with Crippen LogP contribution < -0.4 is 5.32 Å². The second-order valence-corrected chi connectivity index (χ2v) is 7.29. The summed E-state index contributed by atoms with van der Waals surface area (Å²) in [5.74, 6) is 1.17. The van der Waals surface area contributed by atoms with E-state index in [1.807, 2.05) is 11.8 Å². The average Bonchev–Trinajstić information content (AvgIpc) is 2.81. The summed E-state index contributed by atoms with van der Waals surface area (Å²) in [6, 6.07) is 8.46. The fourth-order valence-corrected chi connectivity index (χ4v) is 4.10. The summed E-state index contributed by atoms with van der Waals surface area (Å²) in [6.45, 7) is 5.24. The molecule has 2 aromatic rings. The number of fused-ring (bicyclic) bond motifs is 1. The highest BCUT2D eigenvalue weighted by atomic mass is 32.2. The molecule has 1 aliphatic carbocycles. The first-order valence-electron chi connectivity index (χ1n) is 7.98. The lowest BCUT2D eigenvalue weighted by Gasteiger charge is -2.40. The second kappa shape index (κ2) is 6.41. The third-order valence-electron chi connectivity index (χ3n) is 4.61. The molecule has 21 heavy (non-hydrogen) atoms. The molecule has 0 radical (unpaired) electrons. The Kier molecular flexibility index (Phi) is 4.55. The Morgan fingerprint density at radius 1 is 1.33 bits per heavy atom. The number of hydrogen-bond donors (Lipinski definition) is 1. The van der Waals surface area contributed by atoms with Crippen molar-refractivity contribution >= 4 is 22.8 Å². The van der Waals surface area contributed by atoms with Gasteiger partial charge in [0.25, 0.3) is 0 Å². The minimum atomic E-state index is 0.488. The summed E-state index contributed by atoms with van der Waals surface area (Å²) >= 11 is 2.02. The zero-order valence-electron chi connectivity index (χ0n) is 13.1. The minimum Gasteiger partial charge on any atom is -0.327 e. The molecule has 4 heteroatoms. The molecule has 1 aliphatic rings. The first-order valence-corrected chi connectivity index (χ1v) is 9.20. The van der Waals surface area contributed by atoms with Crippen molar-refractivity contribution in [1.82, 2.24) is 14.9 Å². The van der Waals surface area contributed by atoms with Gasteiger partial charge >= 0.3 is 0 Å². The molecule has 3 nitrogen and oxygen atoms in total. The zero-order chi connectivity index (χ0) is 14.7. The lowest BCUT2D eigenvalue weighted by Crippen LogP contribution is -2.43. The van der Waals surface area contributed by atoms with Gasteiger partial charge in [-0.3, -0.25) is 0 Å². The SMILES string of the molecule is CCCn1c(CNCC2(SC)CCC2)nc2ccccc21. The summed E-state index contributed by atoms with van der Waals surface area (Å²) in [5.41, 5.74) is 2.38. The number of imidazole rings is 1. The number of thioether (sulfide) groups is 1. The number of nitrogens with zero attached hydrogens (tertiary/aromatic N) is 2. The van der Waals surface area contributed by atoms with Crippen molar-refractivity contribution in [2.24, 2.45) is 0 Å². The van der Waals surface area contributed by atoms with Crippen molar-refractivity contribution in [2.45, 2.75) is 50.4 Å². The van der Waals surface area contributed by atoms with E-state index in [0.29, 0.717) is 4.75 Å². The highest BCUT2D eigenvalue weighted by Gasteiger charge is 2.35. The van der Waals surface area contributed by atoms with Gasteiger partial charge in [0.2, 0.25) is 0 Å². The molecule has 0 saturated heterocycles. The normalized spacial score (nSPS) is 17.0. The van der Waals surface area contributed by atoms with Crippen LogP contribution in [0.3, 0.4) is 0 Å². The molecule has 0 unspecified atom stereocenters. The fraction of sp³-hybridized carbons (Fsp3) is 0.588. The van der Waals surface area contributed by atoms with Crippen LogP contribution in [0.1, 0.15) is 38.4 Å². The van der Waals surface area contributed by atoms with Gasteiger partial charge in [-0.25, -0.2) is 4.98 Å². The molecule has 0 bridgehead atoms. The molecule has 1 saturated carbocycles. The molecular weight excluding hydrogens is 278 g/mol. The highest BCUT2D eigenvalue weighted by molar-refractivity contribution is 8.00. The van der Waals surface area contributed by atoms with E-state index in [1.54, 1.807) is 0 Å². The van der Waals surface area contributed by atoms with Crippen LogP contribution in [-0.4, -0.2) is 27.1 Å². The van der Waals surface area contributed by atoms with Crippen molar-refractivity contribution in [1.29, 1.82) is 0 Å². The van der Waals surface area contributed by atoms with Crippen LogP contribution in [0.2, 0.25) is 0 Å². The molecule has 1 N–H and O–H groups in total. The van der Waals surface area contributed by atoms with Crippen molar-refractivity contribution in [3.05, 3.63) is 30.1 Å². The van der Waals surface area contributed by atoms with Gasteiger partial charge in [0, 0.05) is 17.8 Å². The molecular formula is C17H25N3S. The summed E-state index contributed by atoms with van der Waals surface area (Å²) in [7, 11) is 0. The Labute approximate surface area is 131 Å². The lowest BCUT2D eigenvalue weighted by atomic mass is 9.84. The van der Waals surface area contributed by atoms with Crippen molar-refractivity contribution in [3.63, 3.8) is 0 Å². The van der Waals surface area contributed by atoms with Crippen molar-refractivity contribution in [3.8, 4) is 0 Å². The first-order chi connectivity index (χ1) is 10.3. The Morgan fingerprint density at radius 2 is 2.14 bits per heavy atom. The van der Waals surface area contributed by atoms with Gasteiger partial charge in [0.05, 0.1) is 17.6 Å². The van der Waals surface area contributed by atoms with Crippen LogP contribution in [0.25, 0.3) is 11.0 Å². The van der Waals surface area contributed by atoms with Crippen LogP contribution in [0, 0.1) is 0 Å². The van der Waals surface area contributed by atoms with E-state index in [1.165, 1.54) is 30.6 Å². The summed E-state index contributed by atoms with van der Waals surface area (Å²) in [6.07, 6.45) is 7.48. The van der Waals surface area contributed by atoms with Crippen LogP contribution in [0.15, 0.2) is 24.3 Å². The number of hydrogen-bond acceptors (Lipinski definition) is 3. The quantitative estimate of drug-likeness (QED) is 0.843. The molecule has 114 valence electrons. The molecule has 1 heterocycles. The van der Waals surface area contributed by atoms with E-state index in [9.17, 15) is 0 Å². The topological polar surface area (TPSA) is 29.9 Å². The van der Waals surface area contributed by atoms with E-state index < -0.39 is 0 Å². The number of aromatic nitrogens is 2. The first kappa shape index (κ1) is 14.9. The summed E-state index contributed by atoms with van der Waals surface area (Å²) in [4.78, 5) is 4.81. The van der Waals surface area contributed by atoms with Crippen LogP contribution in [0.4, 0.5) is 0 Å². The number of aryl methyl sites for hydroxylation is 1. The van der Waals surface area contributed by atoms with E-state index in [2.05, 4.69) is 47.3 Å². The third kappa shape index (κ3) is 2.97.